The van der Waals surface area contributed by atoms with Crippen molar-refractivity contribution in [2.75, 3.05) is 11.1 Å². The van der Waals surface area contributed by atoms with Crippen molar-refractivity contribution in [3.05, 3.63) is 57.6 Å². The van der Waals surface area contributed by atoms with Gasteiger partial charge >= 0.3 is 0 Å². The molecule has 0 heterocycles. The van der Waals surface area contributed by atoms with Gasteiger partial charge in [0, 0.05) is 23.5 Å². The lowest BCUT2D eigenvalue weighted by molar-refractivity contribution is -0.384. The molecule has 0 spiro atoms. The fourth-order valence-corrected chi connectivity index (χ4v) is 1.66. The van der Waals surface area contributed by atoms with Crippen LogP contribution in [0.4, 0.5) is 22.7 Å². The van der Waals surface area contributed by atoms with Gasteiger partial charge in [0.05, 0.1) is 15.6 Å². The van der Waals surface area contributed by atoms with E-state index in [1.54, 1.807) is 30.3 Å². The van der Waals surface area contributed by atoms with E-state index in [2.05, 4.69) is 5.32 Å². The number of nitrogen functional groups attached to an aromatic ring is 1. The van der Waals surface area contributed by atoms with Crippen LogP contribution < -0.4 is 11.1 Å². The molecule has 2 aromatic carbocycles. The highest BCUT2D eigenvalue weighted by atomic mass is 35.5. The summed E-state index contributed by atoms with van der Waals surface area (Å²) >= 11 is 6.00. The highest BCUT2D eigenvalue weighted by molar-refractivity contribution is 6.33. The lowest BCUT2D eigenvalue weighted by Gasteiger charge is -2.08. The van der Waals surface area contributed by atoms with E-state index in [0.717, 1.165) is 0 Å². The topological polar surface area (TPSA) is 81.2 Å². The number of benzene rings is 2. The lowest BCUT2D eigenvalue weighted by Crippen LogP contribution is -1.95. The standard InChI is InChI=1S/C12H10ClN3O2/c13-11-5-4-8(14)6-12(11)15-9-2-1-3-10(7-9)16(17)18/h1-7,15H,14H2. The zero-order chi connectivity index (χ0) is 13.1. The molecule has 0 atom stereocenters. The number of non-ortho nitro benzene ring substituents is 1. The van der Waals surface area contributed by atoms with E-state index in [1.165, 1.54) is 12.1 Å². The summed E-state index contributed by atoms with van der Waals surface area (Å²) in [5.74, 6) is 0. The average molecular weight is 264 g/mol. The molecule has 0 amide bonds. The minimum Gasteiger partial charge on any atom is -0.399 e. The lowest BCUT2D eigenvalue weighted by atomic mass is 10.2. The Labute approximate surface area is 108 Å². The average Bonchev–Trinajstić information content (AvgIpc) is 2.34. The van der Waals surface area contributed by atoms with E-state index < -0.39 is 4.92 Å². The Morgan fingerprint density at radius 1 is 1.22 bits per heavy atom. The number of nitro benzene ring substituents is 1. The second-order valence-corrected chi connectivity index (χ2v) is 4.08. The van der Waals surface area contributed by atoms with Crippen molar-refractivity contribution in [1.82, 2.24) is 0 Å². The van der Waals surface area contributed by atoms with Gasteiger partial charge in [-0.3, -0.25) is 10.1 Å². The predicted octanol–water partition coefficient (Wildman–Crippen LogP) is 3.57. The molecule has 5 nitrogen and oxygen atoms in total. The van der Waals surface area contributed by atoms with Crippen LogP contribution in [0.25, 0.3) is 0 Å². The first-order valence-electron chi connectivity index (χ1n) is 5.13. The molecule has 0 saturated heterocycles. The zero-order valence-electron chi connectivity index (χ0n) is 9.26. The fraction of sp³-hybridized carbons (Fsp3) is 0. The Kier molecular flexibility index (Phi) is 3.34. The van der Waals surface area contributed by atoms with E-state index >= 15 is 0 Å². The van der Waals surface area contributed by atoms with Crippen LogP contribution in [-0.4, -0.2) is 4.92 Å². The molecule has 2 aromatic rings. The van der Waals surface area contributed by atoms with E-state index in [0.29, 0.717) is 22.1 Å². The molecule has 0 aliphatic rings. The Bertz CT molecular complexity index is 602. The highest BCUT2D eigenvalue weighted by Crippen LogP contribution is 2.28. The Hall–Kier alpha value is -2.27. The first-order chi connectivity index (χ1) is 8.56. The molecule has 6 heteroatoms. The summed E-state index contributed by atoms with van der Waals surface area (Å²) in [6.07, 6.45) is 0. The van der Waals surface area contributed by atoms with Crippen molar-refractivity contribution in [2.45, 2.75) is 0 Å². The van der Waals surface area contributed by atoms with Gasteiger partial charge in [-0.25, -0.2) is 0 Å². The SMILES string of the molecule is Nc1ccc(Cl)c(Nc2cccc([N+](=O)[O-])c2)c1. The predicted molar refractivity (Wildman–Crippen MR) is 72.2 cm³/mol. The molecule has 0 saturated carbocycles. The molecule has 0 bridgehead atoms. The van der Waals surface area contributed by atoms with Crippen molar-refractivity contribution in [3.8, 4) is 0 Å². The molecule has 0 radical (unpaired) electrons. The third-order valence-electron chi connectivity index (χ3n) is 2.33. The monoisotopic (exact) mass is 263 g/mol. The number of hydrogen-bond acceptors (Lipinski definition) is 4. The van der Waals surface area contributed by atoms with Gasteiger partial charge in [0.15, 0.2) is 0 Å². The van der Waals surface area contributed by atoms with E-state index in [1.807, 2.05) is 0 Å². The number of nitrogens with zero attached hydrogens (tertiary/aromatic N) is 1. The fourth-order valence-electron chi connectivity index (χ4n) is 1.49. The number of nitrogens with two attached hydrogens (primary N) is 1. The van der Waals surface area contributed by atoms with Crippen molar-refractivity contribution >= 4 is 34.4 Å². The highest BCUT2D eigenvalue weighted by Gasteiger charge is 2.07. The largest absolute Gasteiger partial charge is 0.399 e. The van der Waals surface area contributed by atoms with E-state index in [9.17, 15) is 10.1 Å². The molecule has 0 aromatic heterocycles. The number of nitrogens with one attached hydrogen (secondary N) is 1. The van der Waals surface area contributed by atoms with E-state index in [4.69, 9.17) is 17.3 Å². The van der Waals surface area contributed by atoms with E-state index in [-0.39, 0.29) is 5.69 Å². The van der Waals surface area contributed by atoms with Gasteiger partial charge in [-0.05, 0) is 24.3 Å². The third-order valence-corrected chi connectivity index (χ3v) is 2.66. The Balaban J connectivity index is 2.31. The van der Waals surface area contributed by atoms with Crippen LogP contribution in [-0.2, 0) is 0 Å². The summed E-state index contributed by atoms with van der Waals surface area (Å²) in [6, 6.07) is 11.2. The van der Waals surface area contributed by atoms with Crippen LogP contribution >= 0.6 is 11.6 Å². The first-order valence-corrected chi connectivity index (χ1v) is 5.50. The van der Waals surface area contributed by atoms with Crippen LogP contribution in [0.3, 0.4) is 0 Å². The summed E-state index contributed by atoms with van der Waals surface area (Å²) in [5, 5.41) is 14.1. The minimum atomic E-state index is -0.452. The van der Waals surface area contributed by atoms with Crippen LogP contribution in [0.15, 0.2) is 42.5 Å². The molecule has 92 valence electrons. The smallest absolute Gasteiger partial charge is 0.271 e. The molecule has 18 heavy (non-hydrogen) atoms. The Morgan fingerprint density at radius 2 is 2.00 bits per heavy atom. The maximum atomic E-state index is 10.7. The van der Waals surface area contributed by atoms with Gasteiger partial charge in [0.2, 0.25) is 0 Å². The molecule has 0 unspecified atom stereocenters. The molecular weight excluding hydrogens is 254 g/mol. The van der Waals surface area contributed by atoms with Gasteiger partial charge in [-0.1, -0.05) is 17.7 Å². The van der Waals surface area contributed by atoms with Gasteiger partial charge in [0.25, 0.3) is 5.69 Å². The number of hydrogen-bond donors (Lipinski definition) is 2. The number of nitro groups is 1. The van der Waals surface area contributed by atoms with Crippen molar-refractivity contribution in [2.24, 2.45) is 0 Å². The molecule has 0 aliphatic carbocycles. The quantitative estimate of drug-likeness (QED) is 0.504. The molecule has 3 N–H and O–H groups in total. The van der Waals surface area contributed by atoms with Gasteiger partial charge in [-0.15, -0.1) is 0 Å². The summed E-state index contributed by atoms with van der Waals surface area (Å²) in [6.45, 7) is 0. The van der Waals surface area contributed by atoms with Crippen molar-refractivity contribution in [1.29, 1.82) is 0 Å². The van der Waals surface area contributed by atoms with Crippen molar-refractivity contribution in [3.63, 3.8) is 0 Å². The maximum absolute atomic E-state index is 10.7. The van der Waals surface area contributed by atoms with Crippen LogP contribution in [0, 0.1) is 10.1 Å². The summed E-state index contributed by atoms with van der Waals surface area (Å²) in [5.41, 5.74) is 7.42. The third kappa shape index (κ3) is 2.70. The molecular formula is C12H10ClN3O2. The van der Waals surface area contributed by atoms with Crippen molar-refractivity contribution < 1.29 is 4.92 Å². The second-order valence-electron chi connectivity index (χ2n) is 3.67. The number of halogens is 1. The van der Waals surface area contributed by atoms with Gasteiger partial charge in [-0.2, -0.15) is 0 Å². The molecule has 0 aliphatic heterocycles. The minimum absolute atomic E-state index is 0.0139. The summed E-state index contributed by atoms with van der Waals surface area (Å²) in [7, 11) is 0. The number of anilines is 3. The van der Waals surface area contributed by atoms with Gasteiger partial charge < -0.3 is 11.1 Å². The summed E-state index contributed by atoms with van der Waals surface area (Å²) < 4.78 is 0. The van der Waals surface area contributed by atoms with Crippen LogP contribution in [0.2, 0.25) is 5.02 Å². The molecule has 2 rings (SSSR count). The van der Waals surface area contributed by atoms with Gasteiger partial charge in [0.1, 0.15) is 0 Å². The van der Waals surface area contributed by atoms with Crippen LogP contribution in [0.1, 0.15) is 0 Å². The zero-order valence-corrected chi connectivity index (χ0v) is 10.0. The number of rotatable bonds is 3. The van der Waals surface area contributed by atoms with Crippen LogP contribution in [0.5, 0.6) is 0 Å². The second kappa shape index (κ2) is 4.93. The Morgan fingerprint density at radius 3 is 2.72 bits per heavy atom. The first kappa shape index (κ1) is 12.2. The summed E-state index contributed by atoms with van der Waals surface area (Å²) in [4.78, 5) is 10.2. The molecule has 0 fully saturated rings. The normalized spacial score (nSPS) is 10.1. The maximum Gasteiger partial charge on any atom is 0.271 e.